The van der Waals surface area contributed by atoms with Gasteiger partial charge in [-0.1, -0.05) is 48.4 Å². The molecule has 214 valence electrons. The number of nitrogens with zero attached hydrogens (tertiary/aromatic N) is 6. The summed E-state index contributed by atoms with van der Waals surface area (Å²) < 4.78 is 36.5. The molecule has 41 heavy (non-hydrogen) atoms. The van der Waals surface area contributed by atoms with Crippen LogP contribution in [0.2, 0.25) is 5.02 Å². The van der Waals surface area contributed by atoms with Crippen molar-refractivity contribution < 1.29 is 13.2 Å². The second-order valence-corrected chi connectivity index (χ2v) is 12.6. The number of aryl methyl sites for hydroxylation is 1. The summed E-state index contributed by atoms with van der Waals surface area (Å²) in [6, 6.07) is 15.5. The smallest absolute Gasteiger partial charge is 0.267 e. The standard InChI is InChI=1S/C29H32ClN7O3S/c1-35-13-15-37(16-14-35)25-11-6-12-26(28(25)30)40-27-17-24(23-10-4-3-9-22(23)20-7-5-8-20)32-29(33-27)34-41(38,39)21-18-31-36(2)19-21/h3-4,6,9-12,17-20H,5,7-8,13-16H2,1-2H3,(H,32,33,34). The van der Waals surface area contributed by atoms with Gasteiger partial charge in [-0.2, -0.15) is 10.1 Å². The van der Waals surface area contributed by atoms with Gasteiger partial charge in [-0.25, -0.2) is 18.1 Å². The van der Waals surface area contributed by atoms with E-state index < -0.39 is 10.0 Å². The lowest BCUT2D eigenvalue weighted by atomic mass is 9.78. The summed E-state index contributed by atoms with van der Waals surface area (Å²) in [6.45, 7) is 3.60. The molecule has 1 N–H and O–H groups in total. The molecule has 10 nitrogen and oxygen atoms in total. The Bertz CT molecular complexity index is 1660. The van der Waals surface area contributed by atoms with E-state index >= 15 is 0 Å². The van der Waals surface area contributed by atoms with Gasteiger partial charge in [0.15, 0.2) is 0 Å². The molecule has 0 bridgehead atoms. The normalized spacial score (nSPS) is 16.4. The third kappa shape index (κ3) is 5.88. The Kier molecular flexibility index (Phi) is 7.58. The van der Waals surface area contributed by atoms with E-state index in [9.17, 15) is 8.42 Å². The zero-order valence-electron chi connectivity index (χ0n) is 23.0. The predicted molar refractivity (Wildman–Crippen MR) is 159 cm³/mol. The molecule has 0 radical (unpaired) electrons. The van der Waals surface area contributed by atoms with Crippen LogP contribution in [-0.2, 0) is 17.1 Å². The summed E-state index contributed by atoms with van der Waals surface area (Å²) >= 11 is 6.86. The fourth-order valence-electron chi connectivity index (χ4n) is 5.17. The van der Waals surface area contributed by atoms with E-state index in [1.807, 2.05) is 30.3 Å². The highest BCUT2D eigenvalue weighted by Crippen LogP contribution is 2.42. The molecule has 0 spiro atoms. The van der Waals surface area contributed by atoms with Gasteiger partial charge < -0.3 is 14.5 Å². The number of rotatable bonds is 8. The van der Waals surface area contributed by atoms with E-state index in [1.54, 1.807) is 19.2 Å². The maximum atomic E-state index is 13.1. The molecular formula is C29H32ClN7O3S. The summed E-state index contributed by atoms with van der Waals surface area (Å²) in [4.78, 5) is 13.6. The summed E-state index contributed by atoms with van der Waals surface area (Å²) in [5, 5.41) is 4.46. The van der Waals surface area contributed by atoms with Gasteiger partial charge in [-0.05, 0) is 43.5 Å². The van der Waals surface area contributed by atoms with Crippen molar-refractivity contribution in [2.75, 3.05) is 42.8 Å². The van der Waals surface area contributed by atoms with Crippen molar-refractivity contribution in [2.45, 2.75) is 30.1 Å². The van der Waals surface area contributed by atoms with E-state index in [0.717, 1.165) is 50.3 Å². The molecule has 12 heteroatoms. The van der Waals surface area contributed by atoms with Crippen LogP contribution in [0.25, 0.3) is 11.3 Å². The largest absolute Gasteiger partial charge is 0.437 e. The van der Waals surface area contributed by atoms with Crippen LogP contribution in [0.4, 0.5) is 11.6 Å². The van der Waals surface area contributed by atoms with Crippen LogP contribution in [0.15, 0.2) is 65.8 Å². The lowest BCUT2D eigenvalue weighted by Gasteiger charge is -2.34. The lowest BCUT2D eigenvalue weighted by Crippen LogP contribution is -2.44. The quantitative estimate of drug-likeness (QED) is 0.299. The average Bonchev–Trinajstić information content (AvgIpc) is 3.37. The van der Waals surface area contributed by atoms with E-state index in [0.29, 0.717) is 22.4 Å². The zero-order chi connectivity index (χ0) is 28.6. The number of benzene rings is 2. The molecule has 0 atom stereocenters. The topological polar surface area (TPSA) is 105 Å². The lowest BCUT2D eigenvalue weighted by molar-refractivity contribution is 0.313. The van der Waals surface area contributed by atoms with Gasteiger partial charge in [0.05, 0.1) is 17.6 Å². The van der Waals surface area contributed by atoms with Crippen molar-refractivity contribution in [3.05, 3.63) is 71.5 Å². The Hall–Kier alpha value is -3.67. The predicted octanol–water partition coefficient (Wildman–Crippen LogP) is 5.14. The molecule has 0 unspecified atom stereocenters. The molecule has 1 saturated heterocycles. The number of hydrogen-bond donors (Lipinski definition) is 1. The van der Waals surface area contributed by atoms with E-state index in [4.69, 9.17) is 16.3 Å². The molecule has 2 fully saturated rings. The minimum absolute atomic E-state index is 0.00858. The first-order chi connectivity index (χ1) is 19.8. The second-order valence-electron chi connectivity index (χ2n) is 10.6. The van der Waals surface area contributed by atoms with Crippen LogP contribution in [-0.4, -0.2) is 66.3 Å². The number of nitrogens with one attached hydrogen (secondary N) is 1. The zero-order valence-corrected chi connectivity index (χ0v) is 24.6. The molecule has 4 aromatic rings. The number of piperazine rings is 1. The van der Waals surface area contributed by atoms with Crippen molar-refractivity contribution in [3.63, 3.8) is 0 Å². The molecule has 1 aliphatic heterocycles. The molecule has 2 aromatic heterocycles. The Morgan fingerprint density at radius 3 is 2.49 bits per heavy atom. The molecule has 6 rings (SSSR count). The molecule has 1 aliphatic carbocycles. The van der Waals surface area contributed by atoms with Gasteiger partial charge in [0.1, 0.15) is 15.7 Å². The van der Waals surface area contributed by atoms with Gasteiger partial charge >= 0.3 is 0 Å². The molecular weight excluding hydrogens is 562 g/mol. The number of halogens is 1. The molecule has 2 aromatic carbocycles. The Morgan fingerprint density at radius 2 is 1.78 bits per heavy atom. The summed E-state index contributed by atoms with van der Waals surface area (Å²) in [7, 11) is -0.228. The fraction of sp³-hybridized carbons (Fsp3) is 0.345. The van der Waals surface area contributed by atoms with Gasteiger partial charge in [-0.3, -0.25) is 4.68 Å². The summed E-state index contributed by atoms with van der Waals surface area (Å²) in [5.74, 6) is 0.952. The number of hydrogen-bond acceptors (Lipinski definition) is 8. The van der Waals surface area contributed by atoms with Gasteiger partial charge in [0.25, 0.3) is 10.0 Å². The van der Waals surface area contributed by atoms with Crippen molar-refractivity contribution in [1.29, 1.82) is 0 Å². The Balaban J connectivity index is 1.38. The first-order valence-corrected chi connectivity index (χ1v) is 15.5. The fourth-order valence-corrected chi connectivity index (χ4v) is 6.38. The second kappa shape index (κ2) is 11.3. The molecule has 1 saturated carbocycles. The number of ether oxygens (including phenoxy) is 1. The van der Waals surface area contributed by atoms with Gasteiger partial charge in [0.2, 0.25) is 11.8 Å². The molecule has 2 aliphatic rings. The van der Waals surface area contributed by atoms with Gasteiger partial charge in [0, 0.05) is 51.1 Å². The van der Waals surface area contributed by atoms with Crippen molar-refractivity contribution in [3.8, 4) is 22.9 Å². The molecule has 3 heterocycles. The average molecular weight is 594 g/mol. The van der Waals surface area contributed by atoms with Crippen LogP contribution in [0, 0.1) is 0 Å². The van der Waals surface area contributed by atoms with Crippen LogP contribution < -0.4 is 14.4 Å². The van der Waals surface area contributed by atoms with Crippen molar-refractivity contribution >= 4 is 33.3 Å². The number of anilines is 2. The van der Waals surface area contributed by atoms with Gasteiger partial charge in [-0.15, -0.1) is 0 Å². The maximum Gasteiger partial charge on any atom is 0.267 e. The van der Waals surface area contributed by atoms with Crippen molar-refractivity contribution in [1.82, 2.24) is 24.6 Å². The van der Waals surface area contributed by atoms with Crippen LogP contribution >= 0.6 is 11.6 Å². The van der Waals surface area contributed by atoms with Crippen LogP contribution in [0.3, 0.4) is 0 Å². The number of likely N-dealkylation sites (N-methyl/N-ethyl adjacent to an activating group) is 1. The first kappa shape index (κ1) is 27.5. The molecule has 0 amide bonds. The number of aromatic nitrogens is 4. The number of sulfonamides is 1. The summed E-state index contributed by atoms with van der Waals surface area (Å²) in [6.07, 6.45) is 6.11. The van der Waals surface area contributed by atoms with E-state index in [-0.39, 0.29) is 16.7 Å². The first-order valence-electron chi connectivity index (χ1n) is 13.7. The van der Waals surface area contributed by atoms with Crippen LogP contribution in [0.5, 0.6) is 11.6 Å². The van der Waals surface area contributed by atoms with E-state index in [1.165, 1.54) is 29.1 Å². The monoisotopic (exact) mass is 593 g/mol. The maximum absolute atomic E-state index is 13.1. The third-order valence-corrected chi connectivity index (χ3v) is 9.37. The third-order valence-electron chi connectivity index (χ3n) is 7.70. The highest BCUT2D eigenvalue weighted by Gasteiger charge is 2.25. The van der Waals surface area contributed by atoms with E-state index in [2.05, 4.69) is 42.7 Å². The minimum atomic E-state index is -3.99. The highest BCUT2D eigenvalue weighted by molar-refractivity contribution is 7.92. The minimum Gasteiger partial charge on any atom is -0.437 e. The van der Waals surface area contributed by atoms with Crippen LogP contribution in [0.1, 0.15) is 30.7 Å². The SMILES string of the molecule is CN1CCN(c2cccc(Oc3cc(-c4ccccc4C4CCC4)nc(NS(=O)(=O)c4cnn(C)c4)n3)c2Cl)CC1. The Morgan fingerprint density at radius 1 is 1.00 bits per heavy atom. The van der Waals surface area contributed by atoms with Crippen molar-refractivity contribution in [2.24, 2.45) is 7.05 Å². The highest BCUT2D eigenvalue weighted by atomic mass is 35.5. The summed E-state index contributed by atoms with van der Waals surface area (Å²) in [5.41, 5.74) is 3.55. The Labute approximate surface area is 245 Å².